The molecule has 5 heteroatoms. The highest BCUT2D eigenvalue weighted by Crippen LogP contribution is 2.25. The summed E-state index contributed by atoms with van der Waals surface area (Å²) in [7, 11) is 0. The van der Waals surface area contributed by atoms with Gasteiger partial charge in [0.15, 0.2) is 0 Å². The number of benzene rings is 2. The summed E-state index contributed by atoms with van der Waals surface area (Å²) < 4.78 is 0. The normalized spacial score (nSPS) is 10.5. The summed E-state index contributed by atoms with van der Waals surface area (Å²) in [5, 5.41) is 13.7. The van der Waals surface area contributed by atoms with Crippen molar-refractivity contribution in [2.45, 2.75) is 0 Å². The molecule has 3 aromatic rings. The quantitative estimate of drug-likeness (QED) is 0.755. The number of aromatic nitrogens is 1. The van der Waals surface area contributed by atoms with Crippen LogP contribution in [0.15, 0.2) is 54.7 Å². The van der Waals surface area contributed by atoms with Crippen LogP contribution in [0.5, 0.6) is 0 Å². The smallest absolute Gasteiger partial charge is 0.337 e. The largest absolute Gasteiger partial charge is 0.478 e. The van der Waals surface area contributed by atoms with E-state index in [0.29, 0.717) is 10.7 Å². The van der Waals surface area contributed by atoms with Crippen LogP contribution in [0, 0.1) is 0 Å². The fraction of sp³-hybridized carbons (Fsp3) is 0. The lowest BCUT2D eigenvalue weighted by Gasteiger charge is -2.10. The topological polar surface area (TPSA) is 62.2 Å². The Balaban J connectivity index is 2.00. The minimum atomic E-state index is -1.03. The SMILES string of the molecule is O=C(O)c1cc(Cl)ccc1Nc1cnc2ccccc2c1. The van der Waals surface area contributed by atoms with Gasteiger partial charge in [-0.1, -0.05) is 29.8 Å². The molecule has 21 heavy (non-hydrogen) atoms. The van der Waals surface area contributed by atoms with Gasteiger partial charge in [0.1, 0.15) is 0 Å². The fourth-order valence-electron chi connectivity index (χ4n) is 2.10. The van der Waals surface area contributed by atoms with E-state index >= 15 is 0 Å². The highest BCUT2D eigenvalue weighted by Gasteiger charge is 2.11. The van der Waals surface area contributed by atoms with Gasteiger partial charge in [-0.3, -0.25) is 4.98 Å². The van der Waals surface area contributed by atoms with Crippen molar-refractivity contribution in [2.75, 3.05) is 5.32 Å². The number of carboxylic acid groups (broad SMARTS) is 1. The lowest BCUT2D eigenvalue weighted by Crippen LogP contribution is -2.02. The van der Waals surface area contributed by atoms with Crippen molar-refractivity contribution in [1.29, 1.82) is 0 Å². The van der Waals surface area contributed by atoms with Crippen molar-refractivity contribution in [3.63, 3.8) is 0 Å². The molecule has 0 aliphatic carbocycles. The van der Waals surface area contributed by atoms with Crippen LogP contribution in [0.4, 0.5) is 11.4 Å². The molecule has 0 bridgehead atoms. The lowest BCUT2D eigenvalue weighted by molar-refractivity contribution is 0.0698. The second-order valence-corrected chi connectivity index (χ2v) is 4.97. The number of carboxylic acids is 1. The van der Waals surface area contributed by atoms with Crippen molar-refractivity contribution < 1.29 is 9.90 Å². The highest BCUT2D eigenvalue weighted by molar-refractivity contribution is 6.31. The van der Waals surface area contributed by atoms with Crippen molar-refractivity contribution >= 4 is 39.8 Å². The highest BCUT2D eigenvalue weighted by atomic mass is 35.5. The van der Waals surface area contributed by atoms with Crippen molar-refractivity contribution in [1.82, 2.24) is 4.98 Å². The Morgan fingerprint density at radius 2 is 1.95 bits per heavy atom. The summed E-state index contributed by atoms with van der Waals surface area (Å²) in [5.41, 5.74) is 2.20. The first-order valence-corrected chi connectivity index (χ1v) is 6.66. The van der Waals surface area contributed by atoms with E-state index < -0.39 is 5.97 Å². The molecule has 0 radical (unpaired) electrons. The zero-order chi connectivity index (χ0) is 14.8. The molecular formula is C16H11ClN2O2. The van der Waals surface area contributed by atoms with E-state index in [4.69, 9.17) is 11.6 Å². The number of nitrogens with one attached hydrogen (secondary N) is 1. The Morgan fingerprint density at radius 3 is 2.76 bits per heavy atom. The molecule has 0 amide bonds. The van der Waals surface area contributed by atoms with Crippen LogP contribution in [0.2, 0.25) is 5.02 Å². The molecule has 0 unspecified atom stereocenters. The van der Waals surface area contributed by atoms with E-state index in [2.05, 4.69) is 10.3 Å². The molecule has 104 valence electrons. The summed E-state index contributed by atoms with van der Waals surface area (Å²) in [5.74, 6) is -1.03. The molecule has 0 atom stereocenters. The number of fused-ring (bicyclic) bond motifs is 1. The van der Waals surface area contributed by atoms with E-state index in [1.54, 1.807) is 18.3 Å². The molecule has 0 aliphatic heterocycles. The summed E-state index contributed by atoms with van der Waals surface area (Å²) in [6.45, 7) is 0. The average Bonchev–Trinajstić information content (AvgIpc) is 2.49. The van der Waals surface area contributed by atoms with Crippen molar-refractivity contribution in [2.24, 2.45) is 0 Å². The predicted molar refractivity (Wildman–Crippen MR) is 83.4 cm³/mol. The summed E-state index contributed by atoms with van der Waals surface area (Å²) in [6, 6.07) is 14.3. The lowest BCUT2D eigenvalue weighted by atomic mass is 10.1. The van der Waals surface area contributed by atoms with Gasteiger partial charge in [-0.05, 0) is 30.3 Å². The minimum absolute atomic E-state index is 0.121. The Morgan fingerprint density at radius 1 is 1.14 bits per heavy atom. The maximum absolute atomic E-state index is 11.3. The molecule has 3 rings (SSSR count). The zero-order valence-electron chi connectivity index (χ0n) is 10.9. The Bertz CT molecular complexity index is 833. The number of para-hydroxylation sites is 1. The third kappa shape index (κ3) is 2.80. The van der Waals surface area contributed by atoms with Gasteiger partial charge in [0.05, 0.1) is 28.7 Å². The second-order valence-electron chi connectivity index (χ2n) is 4.54. The van der Waals surface area contributed by atoms with Crippen LogP contribution < -0.4 is 5.32 Å². The second kappa shape index (κ2) is 5.42. The molecule has 0 saturated heterocycles. The summed E-state index contributed by atoms with van der Waals surface area (Å²) in [4.78, 5) is 15.6. The fourth-order valence-corrected chi connectivity index (χ4v) is 2.27. The molecule has 2 N–H and O–H groups in total. The van der Waals surface area contributed by atoms with Crippen LogP contribution >= 0.6 is 11.6 Å². The van der Waals surface area contributed by atoms with E-state index in [1.807, 2.05) is 30.3 Å². The molecule has 0 fully saturated rings. The van der Waals surface area contributed by atoms with Crippen LogP contribution in [0.3, 0.4) is 0 Å². The number of hydrogen-bond donors (Lipinski definition) is 2. The van der Waals surface area contributed by atoms with Crippen LogP contribution in [0.1, 0.15) is 10.4 Å². The molecule has 0 aliphatic rings. The number of pyridine rings is 1. The van der Waals surface area contributed by atoms with Gasteiger partial charge in [0.25, 0.3) is 0 Å². The Hall–Kier alpha value is -2.59. The summed E-state index contributed by atoms with van der Waals surface area (Å²) in [6.07, 6.45) is 1.67. The third-order valence-corrected chi connectivity index (χ3v) is 3.32. The zero-order valence-corrected chi connectivity index (χ0v) is 11.6. The molecule has 4 nitrogen and oxygen atoms in total. The monoisotopic (exact) mass is 298 g/mol. The maximum Gasteiger partial charge on any atom is 0.337 e. The van der Waals surface area contributed by atoms with Gasteiger partial charge in [-0.25, -0.2) is 4.79 Å². The van der Waals surface area contributed by atoms with Crippen molar-refractivity contribution in [3.8, 4) is 0 Å². The van der Waals surface area contributed by atoms with Gasteiger partial charge in [-0.2, -0.15) is 0 Å². The first-order chi connectivity index (χ1) is 10.1. The number of halogens is 1. The van der Waals surface area contributed by atoms with Gasteiger partial charge in [-0.15, -0.1) is 0 Å². The Labute approximate surface area is 126 Å². The summed E-state index contributed by atoms with van der Waals surface area (Å²) >= 11 is 5.84. The number of aromatic carboxylic acids is 1. The molecule has 0 saturated carbocycles. The molecule has 0 spiro atoms. The molecule has 1 heterocycles. The van der Waals surface area contributed by atoms with E-state index in [-0.39, 0.29) is 5.56 Å². The number of hydrogen-bond acceptors (Lipinski definition) is 3. The van der Waals surface area contributed by atoms with Gasteiger partial charge in [0.2, 0.25) is 0 Å². The number of carbonyl (C=O) groups is 1. The van der Waals surface area contributed by atoms with Crippen LogP contribution in [0.25, 0.3) is 10.9 Å². The van der Waals surface area contributed by atoms with E-state index in [0.717, 1.165) is 16.6 Å². The standard InChI is InChI=1S/C16H11ClN2O2/c17-11-5-6-15(13(8-11)16(20)21)19-12-7-10-3-1-2-4-14(10)18-9-12/h1-9,19H,(H,20,21). The maximum atomic E-state index is 11.3. The van der Waals surface area contributed by atoms with Gasteiger partial charge < -0.3 is 10.4 Å². The number of rotatable bonds is 3. The average molecular weight is 299 g/mol. The Kier molecular flexibility index (Phi) is 3.46. The molecule has 1 aromatic heterocycles. The first kappa shape index (κ1) is 13.4. The third-order valence-electron chi connectivity index (χ3n) is 3.08. The first-order valence-electron chi connectivity index (χ1n) is 6.28. The predicted octanol–water partition coefficient (Wildman–Crippen LogP) is 4.33. The van der Waals surface area contributed by atoms with Crippen LogP contribution in [-0.2, 0) is 0 Å². The van der Waals surface area contributed by atoms with Crippen LogP contribution in [-0.4, -0.2) is 16.1 Å². The molecule has 2 aromatic carbocycles. The minimum Gasteiger partial charge on any atom is -0.478 e. The van der Waals surface area contributed by atoms with Crippen molar-refractivity contribution in [3.05, 3.63) is 65.3 Å². The van der Waals surface area contributed by atoms with E-state index in [9.17, 15) is 9.90 Å². The number of anilines is 2. The van der Waals surface area contributed by atoms with Gasteiger partial charge in [0, 0.05) is 10.4 Å². The van der Waals surface area contributed by atoms with Gasteiger partial charge >= 0.3 is 5.97 Å². The number of nitrogens with zero attached hydrogens (tertiary/aromatic N) is 1. The molecular weight excluding hydrogens is 288 g/mol. The van der Waals surface area contributed by atoms with E-state index in [1.165, 1.54) is 6.07 Å².